The number of fused-ring (bicyclic) bond motifs is 3. The molecule has 20 heavy (non-hydrogen) atoms. The summed E-state index contributed by atoms with van der Waals surface area (Å²) in [5.41, 5.74) is 2.27. The van der Waals surface area contributed by atoms with E-state index in [1.54, 1.807) is 0 Å². The Balaban J connectivity index is 0.000000735. The number of rotatable bonds is 1. The van der Waals surface area contributed by atoms with Crippen LogP contribution in [0.3, 0.4) is 0 Å². The van der Waals surface area contributed by atoms with E-state index in [9.17, 15) is 0 Å². The summed E-state index contributed by atoms with van der Waals surface area (Å²) < 4.78 is 2.41. The molecule has 0 aliphatic carbocycles. The SMILES string of the molecule is Cc1nc2ccncc2n1[C@H]1C[C@H]2CC[C@@H](C1)N2.Cl.Cl. The van der Waals surface area contributed by atoms with Gasteiger partial charge in [-0.15, -0.1) is 24.8 Å². The molecule has 2 aliphatic rings. The van der Waals surface area contributed by atoms with E-state index >= 15 is 0 Å². The molecule has 1 N–H and O–H groups in total. The van der Waals surface area contributed by atoms with Gasteiger partial charge in [-0.3, -0.25) is 4.98 Å². The Kier molecular flexibility index (Phi) is 4.57. The van der Waals surface area contributed by atoms with Crippen LogP contribution in [-0.4, -0.2) is 26.6 Å². The van der Waals surface area contributed by atoms with Crippen LogP contribution in [0.4, 0.5) is 0 Å². The maximum Gasteiger partial charge on any atom is 0.107 e. The second-order valence-electron chi connectivity index (χ2n) is 5.66. The van der Waals surface area contributed by atoms with Gasteiger partial charge >= 0.3 is 0 Å². The quantitative estimate of drug-likeness (QED) is 0.879. The number of piperidine rings is 1. The van der Waals surface area contributed by atoms with Crippen LogP contribution in [0.15, 0.2) is 18.5 Å². The monoisotopic (exact) mass is 314 g/mol. The molecule has 2 fully saturated rings. The molecular formula is C14H20Cl2N4. The minimum atomic E-state index is 0. The molecular weight excluding hydrogens is 295 g/mol. The van der Waals surface area contributed by atoms with E-state index in [1.165, 1.54) is 31.2 Å². The highest BCUT2D eigenvalue weighted by atomic mass is 35.5. The molecule has 4 nitrogen and oxygen atoms in total. The predicted octanol–water partition coefficient (Wildman–Crippen LogP) is 3.04. The number of hydrogen-bond acceptors (Lipinski definition) is 3. The lowest BCUT2D eigenvalue weighted by Crippen LogP contribution is -2.39. The van der Waals surface area contributed by atoms with Gasteiger partial charge in [0.15, 0.2) is 0 Å². The first kappa shape index (κ1) is 15.5. The first-order chi connectivity index (χ1) is 8.81. The van der Waals surface area contributed by atoms with Crippen molar-refractivity contribution in [3.63, 3.8) is 0 Å². The second kappa shape index (κ2) is 5.88. The molecule has 110 valence electrons. The molecule has 0 radical (unpaired) electrons. The third kappa shape index (κ3) is 2.41. The summed E-state index contributed by atoms with van der Waals surface area (Å²) in [5.74, 6) is 1.13. The van der Waals surface area contributed by atoms with Crippen LogP contribution >= 0.6 is 24.8 Å². The highest BCUT2D eigenvalue weighted by molar-refractivity contribution is 5.85. The smallest absolute Gasteiger partial charge is 0.107 e. The fraction of sp³-hybridized carbons (Fsp3) is 0.571. The van der Waals surface area contributed by atoms with Crippen LogP contribution in [0.5, 0.6) is 0 Å². The Labute approximate surface area is 131 Å². The van der Waals surface area contributed by atoms with E-state index in [0.29, 0.717) is 18.1 Å². The zero-order chi connectivity index (χ0) is 12.1. The molecule has 2 aromatic heterocycles. The van der Waals surface area contributed by atoms with Gasteiger partial charge in [-0.2, -0.15) is 0 Å². The molecule has 4 rings (SSSR count). The molecule has 6 heteroatoms. The number of aromatic nitrogens is 3. The maximum atomic E-state index is 4.66. The van der Waals surface area contributed by atoms with Gasteiger partial charge in [0.05, 0.1) is 17.2 Å². The van der Waals surface area contributed by atoms with Crippen molar-refractivity contribution in [1.82, 2.24) is 19.9 Å². The van der Waals surface area contributed by atoms with Crippen molar-refractivity contribution in [2.24, 2.45) is 0 Å². The Hall–Kier alpha value is -0.840. The topological polar surface area (TPSA) is 42.7 Å². The summed E-state index contributed by atoms with van der Waals surface area (Å²) in [7, 11) is 0. The molecule has 2 bridgehead atoms. The molecule has 0 spiro atoms. The van der Waals surface area contributed by atoms with Gasteiger partial charge in [0.2, 0.25) is 0 Å². The van der Waals surface area contributed by atoms with E-state index in [1.807, 2.05) is 18.5 Å². The number of hydrogen-bond donors (Lipinski definition) is 1. The molecule has 0 unspecified atom stereocenters. The number of aryl methyl sites for hydroxylation is 1. The molecule has 4 heterocycles. The fourth-order valence-corrected chi connectivity index (χ4v) is 3.76. The van der Waals surface area contributed by atoms with Crippen molar-refractivity contribution in [3.8, 4) is 0 Å². The van der Waals surface area contributed by atoms with E-state index in [-0.39, 0.29) is 24.8 Å². The summed E-state index contributed by atoms with van der Waals surface area (Å²) >= 11 is 0. The minimum Gasteiger partial charge on any atom is -0.324 e. The average molecular weight is 315 g/mol. The molecule has 0 aromatic carbocycles. The van der Waals surface area contributed by atoms with E-state index in [4.69, 9.17) is 0 Å². The van der Waals surface area contributed by atoms with Gasteiger partial charge < -0.3 is 9.88 Å². The summed E-state index contributed by atoms with van der Waals surface area (Å²) in [6.45, 7) is 2.12. The standard InChI is InChI=1S/C14H18N4.2ClH/c1-9-16-13-4-5-15-8-14(13)18(9)12-6-10-2-3-11(7-12)17-10;;/h4-5,8,10-12,17H,2-3,6-7H2,1H3;2*1H/t10-,11+,12+;;. The molecule has 2 aliphatic heterocycles. The van der Waals surface area contributed by atoms with Crippen molar-refractivity contribution in [2.45, 2.75) is 50.7 Å². The highest BCUT2D eigenvalue weighted by Gasteiger charge is 2.35. The van der Waals surface area contributed by atoms with E-state index in [2.05, 4.69) is 26.8 Å². The van der Waals surface area contributed by atoms with Crippen molar-refractivity contribution in [2.75, 3.05) is 0 Å². The number of nitrogens with one attached hydrogen (secondary N) is 1. The van der Waals surface area contributed by atoms with Crippen LogP contribution in [0, 0.1) is 6.92 Å². The van der Waals surface area contributed by atoms with Gasteiger partial charge in [0.25, 0.3) is 0 Å². The molecule has 0 amide bonds. The maximum absolute atomic E-state index is 4.66. The minimum absolute atomic E-state index is 0. The summed E-state index contributed by atoms with van der Waals surface area (Å²) in [5, 5.41) is 3.70. The Morgan fingerprint density at radius 3 is 2.60 bits per heavy atom. The number of halogens is 2. The van der Waals surface area contributed by atoms with Crippen LogP contribution in [0.2, 0.25) is 0 Å². The Morgan fingerprint density at radius 2 is 1.90 bits per heavy atom. The van der Waals surface area contributed by atoms with Crippen molar-refractivity contribution in [1.29, 1.82) is 0 Å². The van der Waals surface area contributed by atoms with Gasteiger partial charge in [-0.25, -0.2) is 4.98 Å². The first-order valence-electron chi connectivity index (χ1n) is 6.86. The molecule has 2 saturated heterocycles. The number of imidazole rings is 1. The van der Waals surface area contributed by atoms with Crippen LogP contribution in [0.25, 0.3) is 11.0 Å². The zero-order valence-electron chi connectivity index (χ0n) is 11.5. The number of pyridine rings is 1. The largest absolute Gasteiger partial charge is 0.324 e. The molecule has 3 atom stereocenters. The Morgan fingerprint density at radius 1 is 1.20 bits per heavy atom. The lowest BCUT2D eigenvalue weighted by molar-refractivity contribution is 0.300. The molecule has 2 aromatic rings. The lowest BCUT2D eigenvalue weighted by atomic mass is 9.99. The van der Waals surface area contributed by atoms with E-state index in [0.717, 1.165) is 11.3 Å². The third-order valence-electron chi connectivity index (χ3n) is 4.48. The summed E-state index contributed by atoms with van der Waals surface area (Å²) in [6, 6.07) is 4.02. The third-order valence-corrected chi connectivity index (χ3v) is 4.48. The average Bonchev–Trinajstić information content (AvgIpc) is 2.88. The van der Waals surface area contributed by atoms with Crippen LogP contribution in [-0.2, 0) is 0 Å². The lowest BCUT2D eigenvalue weighted by Gasteiger charge is -2.31. The van der Waals surface area contributed by atoms with Gasteiger partial charge in [-0.1, -0.05) is 0 Å². The predicted molar refractivity (Wildman–Crippen MR) is 85.0 cm³/mol. The van der Waals surface area contributed by atoms with Crippen molar-refractivity contribution < 1.29 is 0 Å². The number of nitrogens with zero attached hydrogens (tertiary/aromatic N) is 3. The summed E-state index contributed by atoms with van der Waals surface area (Å²) in [4.78, 5) is 8.92. The summed E-state index contributed by atoms with van der Waals surface area (Å²) in [6.07, 6.45) is 8.93. The van der Waals surface area contributed by atoms with E-state index < -0.39 is 0 Å². The fourth-order valence-electron chi connectivity index (χ4n) is 3.76. The van der Waals surface area contributed by atoms with Crippen molar-refractivity contribution >= 4 is 35.8 Å². The second-order valence-corrected chi connectivity index (χ2v) is 5.66. The normalized spacial score (nSPS) is 27.9. The van der Waals surface area contributed by atoms with Crippen LogP contribution < -0.4 is 5.32 Å². The van der Waals surface area contributed by atoms with Gasteiger partial charge in [-0.05, 0) is 38.7 Å². The first-order valence-corrected chi connectivity index (χ1v) is 6.86. The van der Waals surface area contributed by atoms with Crippen LogP contribution in [0.1, 0.15) is 37.5 Å². The Bertz CT molecular complexity index is 586. The van der Waals surface area contributed by atoms with Crippen molar-refractivity contribution in [3.05, 3.63) is 24.3 Å². The highest BCUT2D eigenvalue weighted by Crippen LogP contribution is 2.36. The van der Waals surface area contributed by atoms with Gasteiger partial charge in [0.1, 0.15) is 5.82 Å². The molecule has 0 saturated carbocycles. The van der Waals surface area contributed by atoms with Gasteiger partial charge in [0, 0.05) is 24.3 Å². The zero-order valence-corrected chi connectivity index (χ0v) is 13.1.